The summed E-state index contributed by atoms with van der Waals surface area (Å²) < 4.78 is 26.2. The Morgan fingerprint density at radius 1 is 0.947 bits per heavy atom. The number of hydrogen-bond donors (Lipinski definition) is 1. The van der Waals surface area contributed by atoms with E-state index in [4.69, 9.17) is 34.8 Å². The molecule has 0 aliphatic carbocycles. The number of hydrogen-bond acceptors (Lipinski definition) is 1. The van der Waals surface area contributed by atoms with E-state index in [1.54, 1.807) is 12.1 Å². The van der Waals surface area contributed by atoms with E-state index in [1.807, 2.05) is 0 Å². The Balaban J connectivity index is 2.21. The molecule has 100 valence electrons. The van der Waals surface area contributed by atoms with E-state index in [0.29, 0.717) is 20.6 Å². The lowest BCUT2D eigenvalue weighted by atomic mass is 10.2. The Bertz CT molecular complexity index is 617. The molecule has 1 N–H and O–H groups in total. The molecule has 0 saturated carbocycles. The van der Waals surface area contributed by atoms with Crippen LogP contribution < -0.4 is 5.32 Å². The first-order chi connectivity index (χ1) is 8.99. The van der Waals surface area contributed by atoms with Crippen molar-refractivity contribution in [2.45, 2.75) is 6.54 Å². The number of halogens is 5. The van der Waals surface area contributed by atoms with Gasteiger partial charge in [-0.25, -0.2) is 8.78 Å². The number of nitrogens with one attached hydrogen (secondary N) is 1. The molecule has 2 aromatic rings. The summed E-state index contributed by atoms with van der Waals surface area (Å²) in [6.07, 6.45) is 0. The van der Waals surface area contributed by atoms with Crippen LogP contribution in [0.15, 0.2) is 30.3 Å². The summed E-state index contributed by atoms with van der Waals surface area (Å²) in [6, 6.07) is 6.44. The second kappa shape index (κ2) is 5.95. The fourth-order valence-corrected chi connectivity index (χ4v) is 2.23. The molecule has 19 heavy (non-hydrogen) atoms. The minimum Gasteiger partial charge on any atom is -0.378 e. The molecule has 0 heterocycles. The minimum atomic E-state index is -0.686. The van der Waals surface area contributed by atoms with Crippen molar-refractivity contribution in [1.82, 2.24) is 0 Å². The average molecular weight is 323 g/mol. The van der Waals surface area contributed by atoms with Gasteiger partial charge in [-0.05, 0) is 24.3 Å². The smallest absolute Gasteiger partial charge is 0.149 e. The molecule has 0 amide bonds. The average Bonchev–Trinajstić information content (AvgIpc) is 2.36. The van der Waals surface area contributed by atoms with Crippen LogP contribution in [0.4, 0.5) is 14.5 Å². The first kappa shape index (κ1) is 14.4. The zero-order chi connectivity index (χ0) is 14.0. The quantitative estimate of drug-likeness (QED) is 0.732. The van der Waals surface area contributed by atoms with E-state index in [9.17, 15) is 8.78 Å². The highest BCUT2D eigenvalue weighted by Gasteiger charge is 2.10. The van der Waals surface area contributed by atoms with Crippen molar-refractivity contribution in [2.24, 2.45) is 0 Å². The molecule has 0 spiro atoms. The van der Waals surface area contributed by atoms with Gasteiger partial charge < -0.3 is 5.32 Å². The first-order valence-corrected chi connectivity index (χ1v) is 6.43. The summed E-state index contributed by atoms with van der Waals surface area (Å²) in [4.78, 5) is 0. The van der Waals surface area contributed by atoms with Crippen molar-refractivity contribution in [3.63, 3.8) is 0 Å². The maximum Gasteiger partial charge on any atom is 0.149 e. The van der Waals surface area contributed by atoms with Gasteiger partial charge in [-0.1, -0.05) is 34.8 Å². The zero-order valence-corrected chi connectivity index (χ0v) is 11.8. The zero-order valence-electron chi connectivity index (χ0n) is 9.48. The van der Waals surface area contributed by atoms with Gasteiger partial charge in [-0.2, -0.15) is 0 Å². The highest BCUT2D eigenvalue weighted by molar-refractivity contribution is 6.44. The SMILES string of the molecule is Fc1ccc(NCc2c(Cl)ccc(Cl)c2Cl)c(F)c1. The summed E-state index contributed by atoms with van der Waals surface area (Å²) >= 11 is 17.9. The molecule has 0 bridgehead atoms. The fraction of sp³-hybridized carbons (Fsp3) is 0.0769. The summed E-state index contributed by atoms with van der Waals surface area (Å²) in [5, 5.41) is 3.89. The molecule has 0 atom stereocenters. The van der Waals surface area contributed by atoms with Gasteiger partial charge in [0, 0.05) is 23.2 Å². The third kappa shape index (κ3) is 3.30. The van der Waals surface area contributed by atoms with Gasteiger partial charge in [-0.3, -0.25) is 0 Å². The van der Waals surface area contributed by atoms with Crippen LogP contribution in [0, 0.1) is 11.6 Å². The van der Waals surface area contributed by atoms with Crippen LogP contribution in [0.25, 0.3) is 0 Å². The summed E-state index contributed by atoms with van der Waals surface area (Å²) in [5.41, 5.74) is 0.716. The fourth-order valence-electron chi connectivity index (χ4n) is 1.55. The van der Waals surface area contributed by atoms with Gasteiger partial charge in [0.15, 0.2) is 0 Å². The van der Waals surface area contributed by atoms with Gasteiger partial charge >= 0.3 is 0 Å². The largest absolute Gasteiger partial charge is 0.378 e. The summed E-state index contributed by atoms with van der Waals surface area (Å²) in [5.74, 6) is -1.32. The standard InChI is InChI=1S/C13H8Cl3F2N/c14-9-2-3-10(15)13(16)8(9)6-19-12-4-1-7(17)5-11(12)18/h1-5,19H,6H2. The van der Waals surface area contributed by atoms with E-state index in [1.165, 1.54) is 6.07 Å². The Labute approximate surface area is 124 Å². The van der Waals surface area contributed by atoms with E-state index in [2.05, 4.69) is 5.32 Å². The molecule has 0 unspecified atom stereocenters. The van der Waals surface area contributed by atoms with Crippen molar-refractivity contribution < 1.29 is 8.78 Å². The van der Waals surface area contributed by atoms with Gasteiger partial charge in [-0.15, -0.1) is 0 Å². The van der Waals surface area contributed by atoms with Crippen molar-refractivity contribution in [1.29, 1.82) is 0 Å². The van der Waals surface area contributed by atoms with E-state index < -0.39 is 11.6 Å². The molecule has 1 nitrogen and oxygen atoms in total. The van der Waals surface area contributed by atoms with Gasteiger partial charge in [0.25, 0.3) is 0 Å². The van der Waals surface area contributed by atoms with Crippen molar-refractivity contribution in [2.75, 3.05) is 5.32 Å². The van der Waals surface area contributed by atoms with E-state index in [0.717, 1.165) is 12.1 Å². The maximum atomic E-state index is 13.4. The minimum absolute atomic E-state index is 0.161. The molecule has 0 aliphatic rings. The predicted molar refractivity (Wildman–Crippen MR) is 75.2 cm³/mol. The van der Waals surface area contributed by atoms with Crippen LogP contribution in [0.3, 0.4) is 0 Å². The van der Waals surface area contributed by atoms with Crippen LogP contribution in [0.5, 0.6) is 0 Å². The molecule has 2 rings (SSSR count). The van der Waals surface area contributed by atoms with Gasteiger partial charge in [0.1, 0.15) is 11.6 Å². The van der Waals surface area contributed by atoms with Crippen molar-refractivity contribution in [3.05, 3.63) is 62.6 Å². The molecule has 0 aliphatic heterocycles. The second-order valence-electron chi connectivity index (χ2n) is 3.80. The Morgan fingerprint density at radius 2 is 1.63 bits per heavy atom. The van der Waals surface area contributed by atoms with Crippen LogP contribution >= 0.6 is 34.8 Å². The third-order valence-corrected chi connectivity index (χ3v) is 3.72. The Hall–Kier alpha value is -1.03. The Kier molecular flexibility index (Phi) is 4.50. The van der Waals surface area contributed by atoms with E-state index >= 15 is 0 Å². The molecule has 0 saturated heterocycles. The number of rotatable bonds is 3. The Morgan fingerprint density at radius 3 is 2.32 bits per heavy atom. The van der Waals surface area contributed by atoms with Crippen molar-refractivity contribution in [3.8, 4) is 0 Å². The predicted octanol–water partition coefficient (Wildman–Crippen LogP) is 5.54. The molecule has 0 aromatic heterocycles. The molecule has 2 aromatic carbocycles. The van der Waals surface area contributed by atoms with Crippen molar-refractivity contribution >= 4 is 40.5 Å². The molecule has 6 heteroatoms. The molecule has 0 fully saturated rings. The molecular weight excluding hydrogens is 315 g/mol. The molecule has 0 radical (unpaired) electrons. The molecular formula is C13H8Cl3F2N. The highest BCUT2D eigenvalue weighted by Crippen LogP contribution is 2.32. The topological polar surface area (TPSA) is 12.0 Å². The lowest BCUT2D eigenvalue weighted by Gasteiger charge is -2.11. The van der Waals surface area contributed by atoms with Crippen LogP contribution in [-0.4, -0.2) is 0 Å². The lowest BCUT2D eigenvalue weighted by Crippen LogP contribution is -2.03. The van der Waals surface area contributed by atoms with Gasteiger partial charge in [0.05, 0.1) is 15.7 Å². The van der Waals surface area contributed by atoms with Gasteiger partial charge in [0.2, 0.25) is 0 Å². The number of benzene rings is 2. The van der Waals surface area contributed by atoms with Crippen LogP contribution in [0.2, 0.25) is 15.1 Å². The lowest BCUT2D eigenvalue weighted by molar-refractivity contribution is 0.585. The highest BCUT2D eigenvalue weighted by atomic mass is 35.5. The van der Waals surface area contributed by atoms with Crippen LogP contribution in [-0.2, 0) is 6.54 Å². The maximum absolute atomic E-state index is 13.4. The summed E-state index contributed by atoms with van der Waals surface area (Å²) in [7, 11) is 0. The second-order valence-corrected chi connectivity index (χ2v) is 4.99. The van der Waals surface area contributed by atoms with Crippen LogP contribution in [0.1, 0.15) is 5.56 Å². The summed E-state index contributed by atoms with van der Waals surface area (Å²) in [6.45, 7) is 0.181. The van der Waals surface area contributed by atoms with E-state index in [-0.39, 0.29) is 12.2 Å². The monoisotopic (exact) mass is 321 g/mol. The third-order valence-electron chi connectivity index (χ3n) is 2.53. The number of anilines is 1. The normalized spacial score (nSPS) is 10.6. The first-order valence-electron chi connectivity index (χ1n) is 5.30.